The quantitative estimate of drug-likeness (QED) is 0.731. The van der Waals surface area contributed by atoms with Crippen molar-refractivity contribution in [2.24, 2.45) is 17.4 Å². The average molecular weight is 241 g/mol. The zero-order valence-electron chi connectivity index (χ0n) is 11.4. The van der Waals surface area contributed by atoms with Gasteiger partial charge in [0.05, 0.1) is 5.54 Å². The molecule has 0 aromatic heterocycles. The predicted octanol–water partition coefficient (Wildman–Crippen LogP) is 1.09. The molecule has 3 unspecified atom stereocenters. The maximum atomic E-state index is 11.3. The van der Waals surface area contributed by atoms with Crippen LogP contribution >= 0.6 is 0 Å². The molecule has 0 aliphatic heterocycles. The molecule has 17 heavy (non-hydrogen) atoms. The Labute approximate surface area is 105 Å². The molecular formula is C13H27N3O. The minimum atomic E-state index is -0.770. The summed E-state index contributed by atoms with van der Waals surface area (Å²) in [7, 11) is 0. The van der Waals surface area contributed by atoms with Crippen molar-refractivity contribution in [2.75, 3.05) is 13.1 Å². The normalized spacial score (nSPS) is 30.8. The topological polar surface area (TPSA) is 72.3 Å². The highest BCUT2D eigenvalue weighted by molar-refractivity contribution is 5.84. The summed E-state index contributed by atoms with van der Waals surface area (Å²) in [6.45, 7) is 8.75. The van der Waals surface area contributed by atoms with Gasteiger partial charge >= 0.3 is 0 Å². The van der Waals surface area contributed by atoms with E-state index in [1.807, 2.05) is 0 Å². The Morgan fingerprint density at radius 2 is 2.18 bits per heavy atom. The SMILES string of the molecule is CCC(C)CN(CC)C1CCC(N)(C(N)=O)C1. The van der Waals surface area contributed by atoms with Crippen LogP contribution in [0.3, 0.4) is 0 Å². The molecule has 1 amide bonds. The molecule has 0 radical (unpaired) electrons. The first-order valence-electron chi connectivity index (χ1n) is 6.75. The Bertz CT molecular complexity index is 269. The molecule has 4 heteroatoms. The number of amides is 1. The summed E-state index contributed by atoms with van der Waals surface area (Å²) in [5.74, 6) is 0.343. The summed E-state index contributed by atoms with van der Waals surface area (Å²) < 4.78 is 0. The van der Waals surface area contributed by atoms with Gasteiger partial charge in [0.2, 0.25) is 5.91 Å². The van der Waals surface area contributed by atoms with E-state index in [-0.39, 0.29) is 5.91 Å². The lowest BCUT2D eigenvalue weighted by molar-refractivity contribution is -0.123. The molecule has 1 aliphatic rings. The van der Waals surface area contributed by atoms with Crippen molar-refractivity contribution in [3.8, 4) is 0 Å². The second-order valence-electron chi connectivity index (χ2n) is 5.52. The molecule has 0 saturated heterocycles. The fourth-order valence-electron chi connectivity index (χ4n) is 2.65. The standard InChI is InChI=1S/C13H27N3O/c1-4-10(3)9-16(5-2)11-6-7-13(15,8-11)12(14)17/h10-11H,4-9,15H2,1-3H3,(H2,14,17). The van der Waals surface area contributed by atoms with E-state index in [4.69, 9.17) is 11.5 Å². The minimum Gasteiger partial charge on any atom is -0.368 e. The highest BCUT2D eigenvalue weighted by Gasteiger charge is 2.42. The molecule has 1 aliphatic carbocycles. The van der Waals surface area contributed by atoms with Gasteiger partial charge in [0.1, 0.15) is 0 Å². The molecule has 0 bridgehead atoms. The Hall–Kier alpha value is -0.610. The van der Waals surface area contributed by atoms with Crippen molar-refractivity contribution in [2.45, 2.75) is 58.0 Å². The monoisotopic (exact) mass is 241 g/mol. The minimum absolute atomic E-state index is 0.348. The van der Waals surface area contributed by atoms with Crippen LogP contribution in [0.15, 0.2) is 0 Å². The van der Waals surface area contributed by atoms with Crippen molar-refractivity contribution in [3.63, 3.8) is 0 Å². The molecule has 1 rings (SSSR count). The molecule has 0 aromatic carbocycles. The van der Waals surface area contributed by atoms with Crippen LogP contribution in [0.25, 0.3) is 0 Å². The lowest BCUT2D eigenvalue weighted by atomic mass is 9.98. The van der Waals surface area contributed by atoms with E-state index >= 15 is 0 Å². The maximum absolute atomic E-state index is 11.3. The first-order valence-corrected chi connectivity index (χ1v) is 6.75. The number of nitrogens with two attached hydrogens (primary N) is 2. The first-order chi connectivity index (χ1) is 7.92. The number of carbonyl (C=O) groups excluding carboxylic acids is 1. The summed E-state index contributed by atoms with van der Waals surface area (Å²) >= 11 is 0. The van der Waals surface area contributed by atoms with E-state index in [0.29, 0.717) is 18.4 Å². The van der Waals surface area contributed by atoms with Crippen molar-refractivity contribution < 1.29 is 4.79 Å². The van der Waals surface area contributed by atoms with Crippen LogP contribution in [-0.4, -0.2) is 35.5 Å². The van der Waals surface area contributed by atoms with Gasteiger partial charge in [-0.25, -0.2) is 0 Å². The van der Waals surface area contributed by atoms with Crippen LogP contribution < -0.4 is 11.5 Å². The number of primary amides is 1. The molecule has 0 spiro atoms. The molecule has 100 valence electrons. The highest BCUT2D eigenvalue weighted by Crippen LogP contribution is 2.31. The second-order valence-corrected chi connectivity index (χ2v) is 5.52. The lowest BCUT2D eigenvalue weighted by Gasteiger charge is -2.31. The zero-order chi connectivity index (χ0) is 13.1. The second kappa shape index (κ2) is 5.83. The van der Waals surface area contributed by atoms with E-state index in [1.54, 1.807) is 0 Å². The van der Waals surface area contributed by atoms with Gasteiger partial charge < -0.3 is 16.4 Å². The maximum Gasteiger partial charge on any atom is 0.237 e. The van der Waals surface area contributed by atoms with E-state index in [0.717, 1.165) is 25.9 Å². The third-order valence-electron chi connectivity index (χ3n) is 4.18. The molecule has 0 heterocycles. The smallest absolute Gasteiger partial charge is 0.237 e. The Morgan fingerprint density at radius 1 is 1.53 bits per heavy atom. The van der Waals surface area contributed by atoms with Gasteiger partial charge in [-0.3, -0.25) is 4.79 Å². The third-order valence-corrected chi connectivity index (χ3v) is 4.18. The fourth-order valence-corrected chi connectivity index (χ4v) is 2.65. The number of nitrogens with zero attached hydrogens (tertiary/aromatic N) is 1. The average Bonchev–Trinajstić information content (AvgIpc) is 2.69. The molecule has 1 fully saturated rings. The predicted molar refractivity (Wildman–Crippen MR) is 70.5 cm³/mol. The highest BCUT2D eigenvalue weighted by atomic mass is 16.1. The number of hydrogen-bond donors (Lipinski definition) is 2. The van der Waals surface area contributed by atoms with E-state index in [1.165, 1.54) is 6.42 Å². The van der Waals surface area contributed by atoms with Gasteiger partial charge in [-0.2, -0.15) is 0 Å². The van der Waals surface area contributed by atoms with E-state index < -0.39 is 5.54 Å². The zero-order valence-corrected chi connectivity index (χ0v) is 11.4. The van der Waals surface area contributed by atoms with Gasteiger partial charge in [-0.05, 0) is 31.7 Å². The number of carbonyl (C=O) groups is 1. The summed E-state index contributed by atoms with van der Waals surface area (Å²) in [4.78, 5) is 13.8. The van der Waals surface area contributed by atoms with Crippen molar-refractivity contribution in [1.82, 2.24) is 4.90 Å². The summed E-state index contributed by atoms with van der Waals surface area (Å²) in [5, 5.41) is 0. The van der Waals surface area contributed by atoms with Gasteiger partial charge in [0.15, 0.2) is 0 Å². The summed E-state index contributed by atoms with van der Waals surface area (Å²) in [6, 6.07) is 0.423. The van der Waals surface area contributed by atoms with Gasteiger partial charge in [0, 0.05) is 12.6 Å². The molecule has 1 saturated carbocycles. The van der Waals surface area contributed by atoms with Crippen molar-refractivity contribution >= 4 is 5.91 Å². The van der Waals surface area contributed by atoms with Gasteiger partial charge in [-0.1, -0.05) is 27.2 Å². The number of hydrogen-bond acceptors (Lipinski definition) is 3. The third kappa shape index (κ3) is 3.42. The first kappa shape index (κ1) is 14.5. The van der Waals surface area contributed by atoms with E-state index in [2.05, 4.69) is 25.7 Å². The molecule has 4 N–H and O–H groups in total. The Morgan fingerprint density at radius 3 is 2.59 bits per heavy atom. The molecule has 3 atom stereocenters. The Kier molecular flexibility index (Phi) is 4.95. The van der Waals surface area contributed by atoms with E-state index in [9.17, 15) is 4.79 Å². The summed E-state index contributed by atoms with van der Waals surface area (Å²) in [5.41, 5.74) is 10.7. The number of rotatable bonds is 6. The van der Waals surface area contributed by atoms with Crippen LogP contribution in [0.1, 0.15) is 46.5 Å². The largest absolute Gasteiger partial charge is 0.368 e. The van der Waals surface area contributed by atoms with Crippen LogP contribution in [-0.2, 0) is 4.79 Å². The molecule has 4 nitrogen and oxygen atoms in total. The van der Waals surface area contributed by atoms with Crippen LogP contribution in [0.2, 0.25) is 0 Å². The molecule has 0 aromatic rings. The lowest BCUT2D eigenvalue weighted by Crippen LogP contribution is -2.51. The van der Waals surface area contributed by atoms with Crippen molar-refractivity contribution in [1.29, 1.82) is 0 Å². The van der Waals surface area contributed by atoms with Crippen LogP contribution in [0.5, 0.6) is 0 Å². The fraction of sp³-hybridized carbons (Fsp3) is 0.923. The van der Waals surface area contributed by atoms with Crippen LogP contribution in [0, 0.1) is 5.92 Å². The summed E-state index contributed by atoms with van der Waals surface area (Å²) in [6.07, 6.45) is 3.62. The van der Waals surface area contributed by atoms with Crippen LogP contribution in [0.4, 0.5) is 0 Å². The van der Waals surface area contributed by atoms with Gasteiger partial charge in [0.25, 0.3) is 0 Å². The Balaban J connectivity index is 2.58. The van der Waals surface area contributed by atoms with Gasteiger partial charge in [-0.15, -0.1) is 0 Å². The molecular weight excluding hydrogens is 214 g/mol. The van der Waals surface area contributed by atoms with Crippen molar-refractivity contribution in [3.05, 3.63) is 0 Å².